The van der Waals surface area contributed by atoms with Crippen LogP contribution < -0.4 is 10.5 Å². The van der Waals surface area contributed by atoms with Gasteiger partial charge in [0.05, 0.1) is 12.0 Å². The van der Waals surface area contributed by atoms with Gasteiger partial charge in [0.2, 0.25) is 5.91 Å². The molecule has 0 unspecified atom stereocenters. The van der Waals surface area contributed by atoms with Crippen molar-refractivity contribution in [3.63, 3.8) is 0 Å². The number of rotatable bonds is 6. The molecule has 0 aromatic carbocycles. The minimum atomic E-state index is -0.170. The first-order valence-electron chi connectivity index (χ1n) is 10.1. The number of nitrogens with zero attached hydrogens (tertiary/aromatic N) is 6. The molecule has 1 aliphatic carbocycles. The Hall–Kier alpha value is -2.77. The highest BCUT2D eigenvalue weighted by atomic mass is 16.2. The van der Waals surface area contributed by atoms with E-state index in [4.69, 9.17) is 0 Å². The van der Waals surface area contributed by atoms with E-state index in [-0.39, 0.29) is 18.0 Å². The Bertz CT molecular complexity index is 882. The number of piperazine rings is 1. The third-order valence-electron chi connectivity index (χ3n) is 5.37. The van der Waals surface area contributed by atoms with Crippen LogP contribution in [0.5, 0.6) is 0 Å². The Balaban J connectivity index is 1.31. The molecule has 0 radical (unpaired) electrons. The van der Waals surface area contributed by atoms with Crippen molar-refractivity contribution in [3.8, 4) is 0 Å². The molecule has 0 atom stereocenters. The van der Waals surface area contributed by atoms with Gasteiger partial charge in [-0.2, -0.15) is 5.10 Å². The summed E-state index contributed by atoms with van der Waals surface area (Å²) in [6.45, 7) is 4.73. The molecule has 28 heavy (non-hydrogen) atoms. The molecule has 1 amide bonds. The van der Waals surface area contributed by atoms with E-state index in [9.17, 15) is 9.59 Å². The molecule has 3 heterocycles. The van der Waals surface area contributed by atoms with Crippen molar-refractivity contribution in [1.29, 1.82) is 0 Å². The number of anilines is 1. The zero-order valence-corrected chi connectivity index (χ0v) is 16.3. The van der Waals surface area contributed by atoms with Gasteiger partial charge >= 0.3 is 0 Å². The molecular weight excluding hydrogens is 356 g/mol. The molecule has 2 aromatic rings. The molecule has 0 spiro atoms. The number of amides is 1. The maximum Gasteiger partial charge on any atom is 0.253 e. The predicted molar refractivity (Wildman–Crippen MR) is 105 cm³/mol. The molecule has 8 nitrogen and oxygen atoms in total. The first-order chi connectivity index (χ1) is 13.6. The van der Waals surface area contributed by atoms with Gasteiger partial charge in [-0.05, 0) is 31.4 Å². The summed E-state index contributed by atoms with van der Waals surface area (Å²) in [5.74, 6) is 1.41. The molecule has 1 aliphatic heterocycles. The molecule has 8 heteroatoms. The summed E-state index contributed by atoms with van der Waals surface area (Å²) in [5.41, 5.74) is 1.69. The van der Waals surface area contributed by atoms with Crippen molar-refractivity contribution in [2.75, 3.05) is 31.1 Å². The lowest BCUT2D eigenvalue weighted by Crippen LogP contribution is -2.50. The van der Waals surface area contributed by atoms with E-state index in [1.165, 1.54) is 29.8 Å². The topological polar surface area (TPSA) is 84.2 Å². The molecule has 2 aliphatic rings. The highest BCUT2D eigenvalue weighted by molar-refractivity contribution is 5.76. The zero-order chi connectivity index (χ0) is 19.5. The molecule has 0 N–H and O–H groups in total. The Morgan fingerprint density at radius 2 is 1.93 bits per heavy atom. The summed E-state index contributed by atoms with van der Waals surface area (Å²) in [7, 11) is 0. The number of carbonyl (C=O) groups is 1. The summed E-state index contributed by atoms with van der Waals surface area (Å²) in [5, 5.41) is 8.69. The van der Waals surface area contributed by atoms with Gasteiger partial charge in [0.25, 0.3) is 5.56 Å². The first-order valence-corrected chi connectivity index (χ1v) is 10.1. The van der Waals surface area contributed by atoms with E-state index in [1.54, 1.807) is 4.90 Å². The molecule has 148 valence electrons. The average molecular weight is 382 g/mol. The minimum Gasteiger partial charge on any atom is -0.352 e. The lowest BCUT2D eigenvalue weighted by Gasteiger charge is -2.35. The SMILES string of the molecule is CCCc1cc(=O)n(CC(=O)N2CCN(c3ccc(C4CC4)nn3)CC2)cn1. The summed E-state index contributed by atoms with van der Waals surface area (Å²) >= 11 is 0. The van der Waals surface area contributed by atoms with E-state index in [2.05, 4.69) is 26.1 Å². The number of aromatic nitrogens is 4. The van der Waals surface area contributed by atoms with Crippen molar-refractivity contribution >= 4 is 11.7 Å². The van der Waals surface area contributed by atoms with E-state index in [0.717, 1.165) is 30.0 Å². The van der Waals surface area contributed by atoms with Gasteiger partial charge in [0.1, 0.15) is 6.54 Å². The predicted octanol–water partition coefficient (Wildman–Crippen LogP) is 1.21. The van der Waals surface area contributed by atoms with Crippen LogP contribution in [0.15, 0.2) is 29.3 Å². The summed E-state index contributed by atoms with van der Waals surface area (Å²) in [6.07, 6.45) is 5.63. The standard InChI is InChI=1S/C20H26N6O2/c1-2-3-16-12-19(27)26(14-21-16)13-20(28)25-10-8-24(9-11-25)18-7-6-17(22-23-18)15-4-5-15/h6-7,12,14-15H,2-5,8-11,13H2,1H3. The maximum atomic E-state index is 12.6. The molecule has 0 bridgehead atoms. The van der Waals surface area contributed by atoms with Gasteiger partial charge in [0.15, 0.2) is 5.82 Å². The fraction of sp³-hybridized carbons (Fsp3) is 0.550. The van der Waals surface area contributed by atoms with Crippen LogP contribution in [0.1, 0.15) is 43.5 Å². The third-order valence-corrected chi connectivity index (χ3v) is 5.37. The quantitative estimate of drug-likeness (QED) is 0.747. The lowest BCUT2D eigenvalue weighted by molar-refractivity contribution is -0.132. The Labute approximate surface area is 164 Å². The van der Waals surface area contributed by atoms with Gasteiger partial charge in [0, 0.05) is 43.9 Å². The summed E-state index contributed by atoms with van der Waals surface area (Å²) < 4.78 is 1.38. The van der Waals surface area contributed by atoms with Crippen LogP contribution in [0.3, 0.4) is 0 Å². The monoisotopic (exact) mass is 382 g/mol. The van der Waals surface area contributed by atoms with E-state index < -0.39 is 0 Å². The smallest absolute Gasteiger partial charge is 0.253 e. The van der Waals surface area contributed by atoms with Crippen molar-refractivity contribution < 1.29 is 4.79 Å². The molecule has 2 fully saturated rings. The fourth-order valence-corrected chi connectivity index (χ4v) is 3.51. The zero-order valence-electron chi connectivity index (χ0n) is 16.3. The molecular formula is C20H26N6O2. The number of aryl methyl sites for hydroxylation is 1. The second kappa shape index (κ2) is 8.08. The van der Waals surface area contributed by atoms with Crippen molar-refractivity contribution in [2.45, 2.75) is 45.1 Å². The van der Waals surface area contributed by atoms with Crippen molar-refractivity contribution in [3.05, 3.63) is 46.3 Å². The van der Waals surface area contributed by atoms with E-state index >= 15 is 0 Å². The average Bonchev–Trinajstić information content (AvgIpc) is 3.56. The molecule has 4 rings (SSSR count). The van der Waals surface area contributed by atoms with Gasteiger partial charge < -0.3 is 9.80 Å². The van der Waals surface area contributed by atoms with Crippen molar-refractivity contribution in [1.82, 2.24) is 24.6 Å². The van der Waals surface area contributed by atoms with Crippen LogP contribution in [0, 0.1) is 0 Å². The lowest BCUT2D eigenvalue weighted by atomic mass is 10.2. The normalized spacial score (nSPS) is 17.0. The van der Waals surface area contributed by atoms with Crippen LogP contribution in [-0.4, -0.2) is 56.7 Å². The van der Waals surface area contributed by atoms with Crippen LogP contribution in [0.25, 0.3) is 0 Å². The first kappa shape index (κ1) is 18.6. The fourth-order valence-electron chi connectivity index (χ4n) is 3.51. The molecule has 2 aromatic heterocycles. The number of hydrogen-bond donors (Lipinski definition) is 0. The third kappa shape index (κ3) is 4.21. The van der Waals surface area contributed by atoms with E-state index in [0.29, 0.717) is 32.1 Å². The summed E-state index contributed by atoms with van der Waals surface area (Å²) in [4.78, 5) is 33.0. The van der Waals surface area contributed by atoms with Gasteiger partial charge in [-0.3, -0.25) is 14.2 Å². The van der Waals surface area contributed by atoms with Crippen LogP contribution in [0.4, 0.5) is 5.82 Å². The Kier molecular flexibility index (Phi) is 5.36. The maximum absolute atomic E-state index is 12.6. The number of hydrogen-bond acceptors (Lipinski definition) is 6. The van der Waals surface area contributed by atoms with Crippen molar-refractivity contribution in [2.24, 2.45) is 0 Å². The summed E-state index contributed by atoms with van der Waals surface area (Å²) in [6, 6.07) is 5.62. The van der Waals surface area contributed by atoms with Crippen LogP contribution in [-0.2, 0) is 17.8 Å². The van der Waals surface area contributed by atoms with Gasteiger partial charge in [-0.25, -0.2) is 4.98 Å². The highest BCUT2D eigenvalue weighted by Gasteiger charge is 2.26. The Morgan fingerprint density at radius 3 is 2.54 bits per heavy atom. The Morgan fingerprint density at radius 1 is 1.14 bits per heavy atom. The second-order valence-corrected chi connectivity index (χ2v) is 7.55. The molecule has 1 saturated heterocycles. The minimum absolute atomic E-state index is 0.0358. The van der Waals surface area contributed by atoms with Gasteiger partial charge in [-0.15, -0.1) is 5.10 Å². The van der Waals surface area contributed by atoms with Crippen LogP contribution in [0.2, 0.25) is 0 Å². The van der Waals surface area contributed by atoms with Crippen LogP contribution >= 0.6 is 0 Å². The van der Waals surface area contributed by atoms with Gasteiger partial charge in [-0.1, -0.05) is 13.3 Å². The highest BCUT2D eigenvalue weighted by Crippen LogP contribution is 2.38. The van der Waals surface area contributed by atoms with E-state index in [1.807, 2.05) is 13.0 Å². The molecule has 1 saturated carbocycles. The largest absolute Gasteiger partial charge is 0.352 e. The number of carbonyl (C=O) groups excluding carboxylic acids is 1. The second-order valence-electron chi connectivity index (χ2n) is 7.55.